The second kappa shape index (κ2) is 9.63. The second-order valence-electron chi connectivity index (χ2n) is 9.05. The fourth-order valence-corrected chi connectivity index (χ4v) is 6.16. The molecule has 35 heavy (non-hydrogen) atoms. The van der Waals surface area contributed by atoms with Crippen molar-refractivity contribution in [2.24, 2.45) is 0 Å². The molecule has 6 rings (SSSR count). The van der Waals surface area contributed by atoms with Crippen LogP contribution in [0, 0.1) is 0 Å². The third kappa shape index (κ3) is 4.75. The van der Waals surface area contributed by atoms with E-state index in [0.717, 1.165) is 55.7 Å². The number of aromatic nitrogens is 1. The van der Waals surface area contributed by atoms with E-state index >= 15 is 0 Å². The fourth-order valence-electron chi connectivity index (χ4n) is 4.59. The quantitative estimate of drug-likeness (QED) is 0.383. The number of anilines is 1. The minimum Gasteiger partial charge on any atom is -0.373 e. The number of thiophene rings is 1. The maximum absolute atomic E-state index is 11.3. The molecule has 3 fully saturated rings. The average Bonchev–Trinajstić information content (AvgIpc) is 3.23. The Labute approximate surface area is 216 Å². The molecule has 4 heterocycles. The zero-order valence-electron chi connectivity index (χ0n) is 18.8. The van der Waals surface area contributed by atoms with Gasteiger partial charge in [0.2, 0.25) is 0 Å². The van der Waals surface area contributed by atoms with Gasteiger partial charge in [-0.3, -0.25) is 5.32 Å². The van der Waals surface area contributed by atoms with E-state index in [4.69, 9.17) is 37.3 Å². The summed E-state index contributed by atoms with van der Waals surface area (Å²) in [7, 11) is 0. The molecule has 3 aromatic rings. The maximum atomic E-state index is 11.3. The molecule has 1 saturated carbocycles. The van der Waals surface area contributed by atoms with Gasteiger partial charge in [-0.1, -0.05) is 34.4 Å². The highest BCUT2D eigenvalue weighted by atomic mass is 35.5. The van der Waals surface area contributed by atoms with Gasteiger partial charge in [0.05, 0.1) is 27.8 Å². The molecule has 2 saturated heterocycles. The average molecular weight is 535 g/mol. The van der Waals surface area contributed by atoms with Gasteiger partial charge in [0.25, 0.3) is 0 Å². The number of hydrogen-bond donors (Lipinski definition) is 2. The number of ether oxygens (including phenoxy) is 1. The van der Waals surface area contributed by atoms with Crippen LogP contribution in [0.1, 0.15) is 54.7 Å². The molecular weight excluding hydrogens is 511 g/mol. The van der Waals surface area contributed by atoms with Crippen molar-refractivity contribution in [3.05, 3.63) is 56.6 Å². The van der Waals surface area contributed by atoms with E-state index < -0.39 is 6.09 Å². The van der Waals surface area contributed by atoms with Gasteiger partial charge in [-0.2, -0.15) is 0 Å². The smallest absolute Gasteiger partial charge is 0.373 e. The Hall–Kier alpha value is -2.30. The zero-order chi connectivity index (χ0) is 23.9. The summed E-state index contributed by atoms with van der Waals surface area (Å²) in [5, 5.41) is 11.4. The number of amides is 1. The van der Waals surface area contributed by atoms with Gasteiger partial charge in [-0.15, -0.1) is 16.8 Å². The van der Waals surface area contributed by atoms with Gasteiger partial charge in [0.1, 0.15) is 17.6 Å². The predicted octanol–water partition coefficient (Wildman–Crippen LogP) is 6.02. The second-order valence-corrected chi connectivity index (χ2v) is 10.7. The molecule has 11 heteroatoms. The molecule has 1 atom stereocenters. The molecule has 3 aliphatic rings. The Balaban J connectivity index is 1.10. The number of nitrogens with one attached hydrogen (secondary N) is 2. The molecule has 1 unspecified atom stereocenters. The summed E-state index contributed by atoms with van der Waals surface area (Å²) in [5.41, 5.74) is 6.02. The number of piperidine rings is 1. The summed E-state index contributed by atoms with van der Waals surface area (Å²) >= 11 is 14.6. The van der Waals surface area contributed by atoms with Crippen LogP contribution in [0.5, 0.6) is 0 Å². The lowest BCUT2D eigenvalue weighted by molar-refractivity contribution is 0.0247. The largest absolute Gasteiger partial charge is 0.427 e. The third-order valence-electron chi connectivity index (χ3n) is 6.65. The van der Waals surface area contributed by atoms with E-state index in [1.807, 2.05) is 23.6 Å². The number of carbonyl (C=O) groups excluding carboxylic acids is 1. The van der Waals surface area contributed by atoms with Crippen molar-refractivity contribution in [1.29, 1.82) is 0 Å². The van der Waals surface area contributed by atoms with Crippen molar-refractivity contribution >= 4 is 45.6 Å². The van der Waals surface area contributed by atoms with Crippen LogP contribution in [0.2, 0.25) is 10.0 Å². The van der Waals surface area contributed by atoms with Crippen molar-refractivity contribution in [3.63, 3.8) is 0 Å². The summed E-state index contributed by atoms with van der Waals surface area (Å²) in [6.07, 6.45) is 3.42. The van der Waals surface area contributed by atoms with E-state index in [1.54, 1.807) is 11.3 Å². The zero-order valence-corrected chi connectivity index (χ0v) is 21.1. The lowest BCUT2D eigenvalue weighted by Crippen LogP contribution is -2.36. The van der Waals surface area contributed by atoms with E-state index in [0.29, 0.717) is 33.8 Å². The van der Waals surface area contributed by atoms with Crippen LogP contribution < -0.4 is 15.7 Å². The third-order valence-corrected chi connectivity index (χ3v) is 8.29. The summed E-state index contributed by atoms with van der Waals surface area (Å²) in [6, 6.07) is 7.55. The van der Waals surface area contributed by atoms with Crippen molar-refractivity contribution in [3.8, 4) is 11.3 Å². The standard InChI is InChI=1S/C24H24Cl2N4O4S/c25-17-2-1-3-18(26)20(17)21-16(22(33-28-21)13-4-5-13)11-32-15-6-8-30(9-7-15)19-10-14(12-35-19)23-27-24(31)34-29-23/h1-3,10,12-13,15,23,29H,4-9,11H2,(H,27,31). The summed E-state index contributed by atoms with van der Waals surface area (Å²) in [4.78, 5) is 18.4. The summed E-state index contributed by atoms with van der Waals surface area (Å²) < 4.78 is 12.1. The number of halogens is 2. The van der Waals surface area contributed by atoms with Crippen molar-refractivity contribution in [2.75, 3.05) is 18.0 Å². The number of benzene rings is 1. The molecule has 8 nitrogen and oxygen atoms in total. The Bertz CT molecular complexity index is 1220. The van der Waals surface area contributed by atoms with Gasteiger partial charge in [0.15, 0.2) is 0 Å². The molecule has 2 aromatic heterocycles. The Morgan fingerprint density at radius 3 is 2.63 bits per heavy atom. The summed E-state index contributed by atoms with van der Waals surface area (Å²) in [6.45, 7) is 2.22. The molecule has 0 bridgehead atoms. The Morgan fingerprint density at radius 1 is 1.17 bits per heavy atom. The normalized spacial score (nSPS) is 20.8. The molecule has 1 amide bonds. The van der Waals surface area contributed by atoms with Gasteiger partial charge in [0, 0.05) is 35.7 Å². The Morgan fingerprint density at radius 2 is 1.94 bits per heavy atom. The van der Waals surface area contributed by atoms with E-state index in [2.05, 4.69) is 26.9 Å². The minimum absolute atomic E-state index is 0.145. The van der Waals surface area contributed by atoms with Gasteiger partial charge < -0.3 is 19.0 Å². The van der Waals surface area contributed by atoms with Crippen LogP contribution in [-0.2, 0) is 16.2 Å². The van der Waals surface area contributed by atoms with Crippen LogP contribution in [0.3, 0.4) is 0 Å². The van der Waals surface area contributed by atoms with Crippen LogP contribution in [0.4, 0.5) is 9.80 Å². The number of rotatable bonds is 7. The molecule has 1 aliphatic carbocycles. The predicted molar refractivity (Wildman–Crippen MR) is 134 cm³/mol. The van der Waals surface area contributed by atoms with E-state index in [-0.39, 0.29) is 12.3 Å². The fraction of sp³-hybridized carbons (Fsp3) is 0.417. The monoisotopic (exact) mass is 534 g/mol. The lowest BCUT2D eigenvalue weighted by atomic mass is 10.0. The topological polar surface area (TPSA) is 88.9 Å². The van der Waals surface area contributed by atoms with Crippen LogP contribution in [0.25, 0.3) is 11.3 Å². The van der Waals surface area contributed by atoms with Crippen LogP contribution in [0.15, 0.2) is 34.2 Å². The molecular formula is C24H24Cl2N4O4S. The first-order valence-electron chi connectivity index (χ1n) is 11.7. The number of hydroxylamine groups is 1. The van der Waals surface area contributed by atoms with Crippen molar-refractivity contribution in [1.82, 2.24) is 16.0 Å². The van der Waals surface area contributed by atoms with Crippen molar-refractivity contribution < 1.29 is 18.9 Å². The highest BCUT2D eigenvalue weighted by Crippen LogP contribution is 2.46. The molecule has 0 radical (unpaired) electrons. The first-order valence-corrected chi connectivity index (χ1v) is 13.3. The summed E-state index contributed by atoms with van der Waals surface area (Å²) in [5.74, 6) is 1.30. The first kappa shape index (κ1) is 23.1. The minimum atomic E-state index is -0.460. The van der Waals surface area contributed by atoms with E-state index in [1.165, 1.54) is 5.00 Å². The molecule has 0 spiro atoms. The molecule has 1 aromatic carbocycles. The molecule has 184 valence electrons. The van der Waals surface area contributed by atoms with Crippen molar-refractivity contribution in [2.45, 2.75) is 50.5 Å². The maximum Gasteiger partial charge on any atom is 0.427 e. The van der Waals surface area contributed by atoms with Crippen LogP contribution >= 0.6 is 34.5 Å². The van der Waals surface area contributed by atoms with E-state index in [9.17, 15) is 4.79 Å². The van der Waals surface area contributed by atoms with Gasteiger partial charge in [-0.25, -0.2) is 4.79 Å². The lowest BCUT2D eigenvalue weighted by Gasteiger charge is -2.32. The Kier molecular flexibility index (Phi) is 6.36. The number of carbonyl (C=O) groups is 1. The molecule has 2 aliphatic heterocycles. The van der Waals surface area contributed by atoms with Gasteiger partial charge in [-0.05, 0) is 49.3 Å². The van der Waals surface area contributed by atoms with Crippen LogP contribution in [-0.4, -0.2) is 30.4 Å². The first-order chi connectivity index (χ1) is 17.1. The number of hydrogen-bond acceptors (Lipinski definition) is 8. The molecule has 2 N–H and O–H groups in total. The SMILES string of the molecule is O=C1NC(c2csc(N3CCC(OCc4c(-c5c(Cl)cccc5Cl)noc4C4CC4)CC3)c2)NO1. The highest BCUT2D eigenvalue weighted by Gasteiger charge is 2.34. The highest BCUT2D eigenvalue weighted by molar-refractivity contribution is 7.14. The van der Waals surface area contributed by atoms with Gasteiger partial charge >= 0.3 is 6.09 Å². The number of nitrogens with zero attached hydrogens (tertiary/aromatic N) is 2.